The van der Waals surface area contributed by atoms with Gasteiger partial charge in [-0.05, 0) is 30.5 Å². The summed E-state index contributed by atoms with van der Waals surface area (Å²) in [5.41, 5.74) is 1.42. The Morgan fingerprint density at radius 1 is 1.30 bits per heavy atom. The fraction of sp³-hybridized carbons (Fsp3) is 0.294. The summed E-state index contributed by atoms with van der Waals surface area (Å²) in [5, 5.41) is 12.6. The van der Waals surface area contributed by atoms with Gasteiger partial charge in [0.25, 0.3) is 5.91 Å². The Labute approximate surface area is 139 Å². The van der Waals surface area contributed by atoms with E-state index in [4.69, 9.17) is 11.6 Å². The van der Waals surface area contributed by atoms with E-state index in [0.717, 1.165) is 10.5 Å². The lowest BCUT2D eigenvalue weighted by molar-refractivity contribution is -0.118. The number of anilines is 1. The van der Waals surface area contributed by atoms with E-state index in [1.165, 1.54) is 0 Å². The highest BCUT2D eigenvalue weighted by atomic mass is 35.5. The molecule has 1 fully saturated rings. The molecule has 2 aliphatic rings. The Hall–Kier alpha value is -2.27. The molecule has 2 unspecified atom stereocenters. The number of urea groups is 1. The predicted molar refractivity (Wildman–Crippen MR) is 88.5 cm³/mol. The summed E-state index contributed by atoms with van der Waals surface area (Å²) in [4.78, 5) is 25.9. The fourth-order valence-electron chi connectivity index (χ4n) is 2.92. The second kappa shape index (κ2) is 6.08. The highest BCUT2D eigenvalue weighted by molar-refractivity contribution is 6.35. The van der Waals surface area contributed by atoms with Crippen molar-refractivity contribution in [3.8, 4) is 0 Å². The molecular formula is C17H17ClN2O3. The number of halogens is 1. The van der Waals surface area contributed by atoms with E-state index in [1.54, 1.807) is 30.3 Å². The number of aliphatic hydroxyl groups is 1. The van der Waals surface area contributed by atoms with Gasteiger partial charge in [0, 0.05) is 6.42 Å². The minimum atomic E-state index is -0.610. The summed E-state index contributed by atoms with van der Waals surface area (Å²) in [5.74, 6) is 0.162. The first kappa shape index (κ1) is 15.6. The summed E-state index contributed by atoms with van der Waals surface area (Å²) in [6.45, 7) is 1.99. The lowest BCUT2D eigenvalue weighted by Crippen LogP contribution is -2.32. The van der Waals surface area contributed by atoms with Crippen molar-refractivity contribution in [3.05, 3.63) is 52.8 Å². The van der Waals surface area contributed by atoms with Gasteiger partial charge in [-0.2, -0.15) is 0 Å². The minimum Gasteiger partial charge on any atom is -0.512 e. The van der Waals surface area contributed by atoms with Crippen LogP contribution in [0.15, 0.2) is 47.7 Å². The largest absolute Gasteiger partial charge is 0.512 e. The van der Waals surface area contributed by atoms with Crippen molar-refractivity contribution in [2.24, 2.45) is 5.92 Å². The number of rotatable bonds is 3. The second-order valence-electron chi connectivity index (χ2n) is 5.84. The molecule has 2 atom stereocenters. The van der Waals surface area contributed by atoms with Gasteiger partial charge in [-0.25, -0.2) is 9.69 Å². The number of benzene rings is 1. The normalized spacial score (nSPS) is 24.3. The van der Waals surface area contributed by atoms with Gasteiger partial charge in [0.15, 0.2) is 0 Å². The number of imide groups is 1. The number of nitrogens with one attached hydrogen (secondary N) is 1. The van der Waals surface area contributed by atoms with Crippen LogP contribution in [-0.2, 0) is 4.79 Å². The zero-order valence-corrected chi connectivity index (χ0v) is 13.4. The van der Waals surface area contributed by atoms with Crippen molar-refractivity contribution in [1.82, 2.24) is 5.32 Å². The third-order valence-corrected chi connectivity index (χ3v) is 4.51. The molecule has 1 aromatic rings. The van der Waals surface area contributed by atoms with Crippen LogP contribution >= 0.6 is 11.6 Å². The van der Waals surface area contributed by atoms with Crippen LogP contribution in [0.4, 0.5) is 10.5 Å². The van der Waals surface area contributed by atoms with Gasteiger partial charge in [-0.15, -0.1) is 0 Å². The average molecular weight is 333 g/mol. The third-order valence-electron chi connectivity index (χ3n) is 4.19. The smallest absolute Gasteiger partial charge is 0.329 e. The number of aliphatic hydroxyl groups excluding tert-OH is 1. The number of hydrogen-bond donors (Lipinski definition) is 2. The topological polar surface area (TPSA) is 69.6 Å². The molecule has 120 valence electrons. The molecule has 1 aromatic carbocycles. The van der Waals surface area contributed by atoms with E-state index >= 15 is 0 Å². The summed E-state index contributed by atoms with van der Waals surface area (Å²) in [7, 11) is 0. The molecule has 3 rings (SSSR count). The van der Waals surface area contributed by atoms with E-state index in [-0.39, 0.29) is 11.8 Å². The maximum atomic E-state index is 12.6. The van der Waals surface area contributed by atoms with Gasteiger partial charge in [0.2, 0.25) is 0 Å². The molecule has 5 nitrogen and oxygen atoms in total. The molecule has 1 heterocycles. The fourth-order valence-corrected chi connectivity index (χ4v) is 3.14. The molecule has 0 saturated carbocycles. The van der Waals surface area contributed by atoms with Crippen LogP contribution < -0.4 is 10.2 Å². The van der Waals surface area contributed by atoms with Gasteiger partial charge < -0.3 is 10.4 Å². The summed E-state index contributed by atoms with van der Waals surface area (Å²) in [6.07, 6.45) is 4.44. The monoisotopic (exact) mass is 332 g/mol. The highest BCUT2D eigenvalue weighted by Gasteiger charge is 2.40. The van der Waals surface area contributed by atoms with Gasteiger partial charge >= 0.3 is 6.03 Å². The second-order valence-corrected chi connectivity index (χ2v) is 6.24. The minimum absolute atomic E-state index is 0.138. The van der Waals surface area contributed by atoms with Gasteiger partial charge in [-0.3, -0.25) is 4.79 Å². The molecule has 6 heteroatoms. The molecule has 0 spiro atoms. The first-order chi connectivity index (χ1) is 11.0. The highest BCUT2D eigenvalue weighted by Crippen LogP contribution is 2.31. The van der Waals surface area contributed by atoms with Crippen LogP contribution in [0.1, 0.15) is 19.8 Å². The summed E-state index contributed by atoms with van der Waals surface area (Å²) >= 11 is 6.09. The standard InChI is InChI=1S/C17H17ClN2O3/c1-10-8-12(21)7-6-11(10)9-14-16(22)20(17(23)19-14)15-5-3-2-4-13(15)18/h2-7,10,14,21H,8-9H2,1H3,(H,19,23). The lowest BCUT2D eigenvalue weighted by atomic mass is 9.88. The molecule has 0 radical (unpaired) electrons. The number of hydrogen-bond acceptors (Lipinski definition) is 3. The predicted octanol–water partition coefficient (Wildman–Crippen LogP) is 3.56. The van der Waals surface area contributed by atoms with E-state index < -0.39 is 12.1 Å². The number of carbonyl (C=O) groups is 2. The zero-order valence-electron chi connectivity index (χ0n) is 12.6. The van der Waals surface area contributed by atoms with Crippen molar-refractivity contribution in [2.45, 2.75) is 25.8 Å². The SMILES string of the molecule is CC1CC(O)=CC=C1CC1NC(=O)N(c2ccccc2Cl)C1=O. The first-order valence-electron chi connectivity index (χ1n) is 7.45. The van der Waals surface area contributed by atoms with Crippen LogP contribution in [0.5, 0.6) is 0 Å². The molecule has 3 amide bonds. The van der Waals surface area contributed by atoms with Crippen molar-refractivity contribution in [1.29, 1.82) is 0 Å². The summed E-state index contributed by atoms with van der Waals surface area (Å²) in [6, 6.07) is 5.69. The quantitative estimate of drug-likeness (QED) is 0.831. The van der Waals surface area contributed by atoms with Crippen molar-refractivity contribution < 1.29 is 14.7 Å². The van der Waals surface area contributed by atoms with Crippen molar-refractivity contribution in [3.63, 3.8) is 0 Å². The Morgan fingerprint density at radius 2 is 2.04 bits per heavy atom. The van der Waals surface area contributed by atoms with Crippen LogP contribution in [-0.4, -0.2) is 23.1 Å². The van der Waals surface area contributed by atoms with Crippen LogP contribution in [0.3, 0.4) is 0 Å². The van der Waals surface area contributed by atoms with Gasteiger partial charge in [-0.1, -0.05) is 42.3 Å². The van der Waals surface area contributed by atoms with Crippen LogP contribution in [0.2, 0.25) is 5.02 Å². The van der Waals surface area contributed by atoms with Crippen molar-refractivity contribution >= 4 is 29.2 Å². The lowest BCUT2D eigenvalue weighted by Gasteiger charge is -2.21. The average Bonchev–Trinajstić information content (AvgIpc) is 2.77. The maximum absolute atomic E-state index is 12.6. The van der Waals surface area contributed by atoms with Gasteiger partial charge in [0.1, 0.15) is 6.04 Å². The number of para-hydroxylation sites is 1. The molecule has 2 N–H and O–H groups in total. The first-order valence-corrected chi connectivity index (χ1v) is 7.82. The van der Waals surface area contributed by atoms with E-state index in [2.05, 4.69) is 5.32 Å². The number of carbonyl (C=O) groups excluding carboxylic acids is 2. The van der Waals surface area contributed by atoms with Gasteiger partial charge in [0.05, 0.1) is 16.5 Å². The Morgan fingerprint density at radius 3 is 2.74 bits per heavy atom. The molecule has 1 saturated heterocycles. The third kappa shape index (κ3) is 2.97. The summed E-state index contributed by atoms with van der Waals surface area (Å²) < 4.78 is 0. The molecule has 0 aromatic heterocycles. The van der Waals surface area contributed by atoms with Crippen LogP contribution in [0, 0.1) is 5.92 Å². The Bertz CT molecular complexity index is 726. The Balaban J connectivity index is 1.81. The molecular weight excluding hydrogens is 316 g/mol. The zero-order chi connectivity index (χ0) is 16.6. The van der Waals surface area contributed by atoms with E-state index in [0.29, 0.717) is 29.3 Å². The molecule has 1 aliphatic carbocycles. The van der Waals surface area contributed by atoms with E-state index in [1.807, 2.05) is 13.0 Å². The molecule has 0 bridgehead atoms. The maximum Gasteiger partial charge on any atom is 0.329 e. The van der Waals surface area contributed by atoms with Crippen LogP contribution in [0.25, 0.3) is 0 Å². The molecule has 23 heavy (non-hydrogen) atoms. The van der Waals surface area contributed by atoms with E-state index in [9.17, 15) is 14.7 Å². The number of nitrogens with zero attached hydrogens (tertiary/aromatic N) is 1. The van der Waals surface area contributed by atoms with Crippen molar-refractivity contribution in [2.75, 3.05) is 4.90 Å². The number of amides is 3. The number of allylic oxidation sites excluding steroid dienone is 3. The molecule has 1 aliphatic heterocycles. The Kier molecular flexibility index (Phi) is 4.13.